The Bertz CT molecular complexity index is 601. The first-order valence-corrected chi connectivity index (χ1v) is 6.43. The molecule has 1 unspecified atom stereocenters. The first-order valence-electron chi connectivity index (χ1n) is 5.61. The largest absolute Gasteiger partial charge is 0.374 e. The highest BCUT2D eigenvalue weighted by Gasteiger charge is 2.23. The molecule has 0 fully saturated rings. The molecule has 0 aliphatic heterocycles. The number of carbonyl (C=O) groups is 1. The first kappa shape index (κ1) is 13.4. The van der Waals surface area contributed by atoms with E-state index < -0.39 is 6.04 Å². The number of hydrogen-bond acceptors (Lipinski definition) is 5. The Kier molecular flexibility index (Phi) is 3.75. The summed E-state index contributed by atoms with van der Waals surface area (Å²) in [4.78, 5) is 13.6. The van der Waals surface area contributed by atoms with Crippen LogP contribution >= 0.6 is 11.3 Å². The topological polar surface area (TPSA) is 72.1 Å². The lowest BCUT2D eigenvalue weighted by atomic mass is 10.1. The van der Waals surface area contributed by atoms with Crippen LogP contribution in [-0.4, -0.2) is 28.1 Å². The normalized spacial score (nSPS) is 12.2. The Balaban J connectivity index is 2.22. The summed E-state index contributed by atoms with van der Waals surface area (Å²) in [5, 5.41) is 7.72. The summed E-state index contributed by atoms with van der Waals surface area (Å²) in [6, 6.07) is 5.96. The molecule has 0 saturated heterocycles. The summed E-state index contributed by atoms with van der Waals surface area (Å²) in [5.74, 6) is -0.670. The fourth-order valence-corrected chi connectivity index (χ4v) is 2.26. The molecule has 2 aromatic rings. The van der Waals surface area contributed by atoms with E-state index in [0.717, 1.165) is 11.3 Å². The number of nitrogens with zero attached hydrogens (tertiary/aromatic N) is 3. The molecule has 2 rings (SSSR count). The fourth-order valence-electron chi connectivity index (χ4n) is 1.67. The van der Waals surface area contributed by atoms with Gasteiger partial charge >= 0.3 is 0 Å². The average molecular weight is 280 g/mol. The summed E-state index contributed by atoms with van der Waals surface area (Å²) >= 11 is 1.01. The summed E-state index contributed by atoms with van der Waals surface area (Å²) in [5.41, 5.74) is 5.90. The van der Waals surface area contributed by atoms with Crippen molar-refractivity contribution in [1.82, 2.24) is 15.1 Å². The summed E-state index contributed by atoms with van der Waals surface area (Å²) in [7, 11) is 1.59. The van der Waals surface area contributed by atoms with Crippen LogP contribution in [-0.2, 0) is 0 Å². The number of benzene rings is 1. The Morgan fingerprint density at radius 1 is 1.42 bits per heavy atom. The smallest absolute Gasteiger partial charge is 0.285 e. The van der Waals surface area contributed by atoms with Crippen LogP contribution in [0, 0.1) is 5.82 Å². The van der Waals surface area contributed by atoms with Crippen LogP contribution in [0.1, 0.15) is 28.3 Å². The molecule has 0 saturated carbocycles. The third-order valence-electron chi connectivity index (χ3n) is 2.88. The van der Waals surface area contributed by atoms with Gasteiger partial charge in [0.2, 0.25) is 10.1 Å². The molecule has 0 bridgehead atoms. The van der Waals surface area contributed by atoms with Gasteiger partial charge < -0.3 is 10.6 Å². The predicted octanol–water partition coefficient (Wildman–Crippen LogP) is 2.09. The van der Waals surface area contributed by atoms with E-state index in [9.17, 15) is 9.18 Å². The van der Waals surface area contributed by atoms with Crippen molar-refractivity contribution in [1.29, 1.82) is 0 Å². The van der Waals surface area contributed by atoms with Gasteiger partial charge in [0.05, 0.1) is 6.04 Å². The SMILES string of the molecule is CC(c1ccccc1F)N(C)C(=O)c1nnc(N)s1. The lowest BCUT2D eigenvalue weighted by molar-refractivity contribution is 0.0739. The molecule has 1 heterocycles. The molecule has 5 nitrogen and oxygen atoms in total. The highest BCUT2D eigenvalue weighted by Crippen LogP contribution is 2.24. The molecule has 1 amide bonds. The van der Waals surface area contributed by atoms with Gasteiger partial charge in [-0.3, -0.25) is 4.79 Å². The van der Waals surface area contributed by atoms with Gasteiger partial charge in [-0.05, 0) is 13.0 Å². The molecule has 100 valence electrons. The highest BCUT2D eigenvalue weighted by molar-refractivity contribution is 7.16. The molecule has 1 aromatic carbocycles. The van der Waals surface area contributed by atoms with Crippen molar-refractivity contribution in [3.05, 3.63) is 40.7 Å². The third kappa shape index (κ3) is 2.70. The third-order valence-corrected chi connectivity index (χ3v) is 3.62. The van der Waals surface area contributed by atoms with Crippen LogP contribution < -0.4 is 5.73 Å². The number of amides is 1. The quantitative estimate of drug-likeness (QED) is 0.934. The average Bonchev–Trinajstić information content (AvgIpc) is 2.83. The molecule has 1 atom stereocenters. The summed E-state index contributed by atoms with van der Waals surface area (Å²) in [6.07, 6.45) is 0. The van der Waals surface area contributed by atoms with Crippen LogP contribution in [0.15, 0.2) is 24.3 Å². The van der Waals surface area contributed by atoms with Gasteiger partial charge in [0.1, 0.15) is 5.82 Å². The van der Waals surface area contributed by atoms with Crippen molar-refractivity contribution < 1.29 is 9.18 Å². The lowest BCUT2D eigenvalue weighted by Crippen LogP contribution is -2.30. The lowest BCUT2D eigenvalue weighted by Gasteiger charge is -2.24. The number of nitrogens with two attached hydrogens (primary N) is 1. The van der Waals surface area contributed by atoms with Crippen molar-refractivity contribution >= 4 is 22.4 Å². The van der Waals surface area contributed by atoms with E-state index in [1.54, 1.807) is 32.2 Å². The van der Waals surface area contributed by atoms with Crippen LogP contribution in [0.4, 0.5) is 9.52 Å². The van der Waals surface area contributed by atoms with Gasteiger partial charge in [-0.2, -0.15) is 0 Å². The van der Waals surface area contributed by atoms with E-state index in [4.69, 9.17) is 5.73 Å². The molecule has 1 aromatic heterocycles. The monoisotopic (exact) mass is 280 g/mol. The number of rotatable bonds is 3. The molecule has 0 spiro atoms. The van der Waals surface area contributed by atoms with Gasteiger partial charge in [-0.1, -0.05) is 29.5 Å². The Morgan fingerprint density at radius 3 is 2.68 bits per heavy atom. The Morgan fingerprint density at radius 2 is 2.11 bits per heavy atom. The molecule has 0 aliphatic rings. The maximum atomic E-state index is 13.7. The molecular weight excluding hydrogens is 267 g/mol. The van der Waals surface area contributed by atoms with Gasteiger partial charge in [0.25, 0.3) is 5.91 Å². The second-order valence-electron chi connectivity index (χ2n) is 4.06. The zero-order valence-electron chi connectivity index (χ0n) is 10.5. The van der Waals surface area contributed by atoms with Gasteiger partial charge in [-0.15, -0.1) is 10.2 Å². The van der Waals surface area contributed by atoms with Crippen molar-refractivity contribution in [3.63, 3.8) is 0 Å². The van der Waals surface area contributed by atoms with Gasteiger partial charge in [0, 0.05) is 12.6 Å². The molecule has 0 radical (unpaired) electrons. The standard InChI is InChI=1S/C12H13FN4OS/c1-7(8-5-3-4-6-9(8)13)17(2)11(18)10-15-16-12(14)19-10/h3-7H,1-2H3,(H2,14,16). The van der Waals surface area contributed by atoms with E-state index in [1.165, 1.54) is 11.0 Å². The van der Waals surface area contributed by atoms with Crippen molar-refractivity contribution in [3.8, 4) is 0 Å². The van der Waals surface area contributed by atoms with Gasteiger partial charge in [-0.25, -0.2) is 4.39 Å². The highest BCUT2D eigenvalue weighted by atomic mass is 32.1. The minimum Gasteiger partial charge on any atom is -0.374 e. The molecule has 19 heavy (non-hydrogen) atoms. The van der Waals surface area contributed by atoms with E-state index in [0.29, 0.717) is 5.56 Å². The fraction of sp³-hybridized carbons (Fsp3) is 0.250. The van der Waals surface area contributed by atoms with E-state index >= 15 is 0 Å². The molecule has 7 heteroatoms. The number of hydrogen-bond donors (Lipinski definition) is 1. The summed E-state index contributed by atoms with van der Waals surface area (Å²) < 4.78 is 13.7. The number of aromatic nitrogens is 2. The molecular formula is C12H13FN4OS. The zero-order valence-corrected chi connectivity index (χ0v) is 11.3. The maximum Gasteiger partial charge on any atom is 0.285 e. The summed E-state index contributed by atoms with van der Waals surface area (Å²) in [6.45, 7) is 1.75. The minimum absolute atomic E-state index is 0.197. The van der Waals surface area contributed by atoms with Crippen LogP contribution in [0.2, 0.25) is 0 Å². The maximum absolute atomic E-state index is 13.7. The van der Waals surface area contributed by atoms with Crippen LogP contribution in [0.3, 0.4) is 0 Å². The number of nitrogen functional groups attached to an aromatic ring is 1. The molecule has 0 aliphatic carbocycles. The number of halogens is 1. The van der Waals surface area contributed by atoms with Crippen LogP contribution in [0.25, 0.3) is 0 Å². The van der Waals surface area contributed by atoms with E-state index in [1.807, 2.05) is 0 Å². The Hall–Kier alpha value is -2.02. The molecule has 2 N–H and O–H groups in total. The first-order chi connectivity index (χ1) is 9.00. The van der Waals surface area contributed by atoms with E-state index in [-0.39, 0.29) is 21.9 Å². The van der Waals surface area contributed by atoms with E-state index in [2.05, 4.69) is 10.2 Å². The number of anilines is 1. The van der Waals surface area contributed by atoms with Crippen molar-refractivity contribution in [2.75, 3.05) is 12.8 Å². The van der Waals surface area contributed by atoms with Crippen molar-refractivity contribution in [2.45, 2.75) is 13.0 Å². The zero-order chi connectivity index (χ0) is 14.0. The Labute approximate surface area is 113 Å². The second-order valence-corrected chi connectivity index (χ2v) is 5.07. The minimum atomic E-state index is -0.404. The van der Waals surface area contributed by atoms with Crippen molar-refractivity contribution in [2.24, 2.45) is 0 Å². The number of carbonyl (C=O) groups excluding carboxylic acids is 1. The predicted molar refractivity (Wildman–Crippen MR) is 71.2 cm³/mol. The second kappa shape index (κ2) is 5.31. The van der Waals surface area contributed by atoms with Gasteiger partial charge in [0.15, 0.2) is 0 Å². The van der Waals surface area contributed by atoms with Crippen LogP contribution in [0.5, 0.6) is 0 Å².